The zero-order chi connectivity index (χ0) is 56.6. The van der Waals surface area contributed by atoms with Crippen molar-refractivity contribution in [3.05, 3.63) is 0 Å². The van der Waals surface area contributed by atoms with Crippen LogP contribution in [0.5, 0.6) is 0 Å². The van der Waals surface area contributed by atoms with E-state index in [1.54, 1.807) is 7.11 Å². The average molecular weight is 1160 g/mol. The molecule has 0 spiro atoms. The van der Waals surface area contributed by atoms with Gasteiger partial charge in [0, 0.05) is 7.11 Å². The number of methoxy groups -OCH3 is 1. The Morgan fingerprint density at radius 3 is 0.354 bits per heavy atom. The maximum Gasteiger partial charge on any atom is 0.305 e. The summed E-state index contributed by atoms with van der Waals surface area (Å²) >= 11 is 0. The smallest absolute Gasteiger partial charge is 0.305 e. The normalized spacial score (nSPS) is 11.7. The van der Waals surface area contributed by atoms with Gasteiger partial charge in [-0.2, -0.15) is 0 Å². The molecule has 0 aromatic rings. The molecule has 0 aliphatic rings. The van der Waals surface area contributed by atoms with Crippen molar-refractivity contribution in [2.24, 2.45) is 0 Å². The lowest BCUT2D eigenvalue weighted by atomic mass is 10.5. The van der Waals surface area contributed by atoms with Crippen LogP contribution in [0.3, 0.4) is 0 Å². The fourth-order valence-electron chi connectivity index (χ4n) is 5.46. The topological polar surface area (TPSA) is 268 Å². The quantitative estimate of drug-likeness (QED) is 0.0813. The van der Waals surface area contributed by atoms with Gasteiger partial charge in [-0.15, -0.1) is 0 Å². The van der Waals surface area contributed by atoms with Gasteiger partial charge in [-0.1, -0.05) is 0 Å². The summed E-state index contributed by atoms with van der Waals surface area (Å²) < 4.78 is 136. The van der Waals surface area contributed by atoms with E-state index in [0.29, 0.717) is 317 Å². The van der Waals surface area contributed by atoms with Gasteiger partial charge in [0.15, 0.2) is 0 Å². The fourth-order valence-corrected chi connectivity index (χ4v) is 5.46. The second kappa shape index (κ2) is 74.5. The number of carbonyl (C=O) groups is 1. The SMILES string of the molecule is COCCOCCOCCOCCOCCOCCOCCOCCOCCOCCOCCOCCOCCOCCOCCOCCOCCOCCOCCOCCOCCOCCOCCOCCOCCC(=O)O. The number of aliphatic carboxylic acids is 1. The van der Waals surface area contributed by atoms with Crippen molar-refractivity contribution >= 4 is 5.97 Å². The molecule has 1 N–H and O–H groups in total. The Morgan fingerprint density at radius 1 is 0.177 bits per heavy atom. The van der Waals surface area contributed by atoms with Gasteiger partial charge < -0.3 is 124 Å². The van der Waals surface area contributed by atoms with E-state index in [1.165, 1.54) is 0 Å². The van der Waals surface area contributed by atoms with Crippen LogP contribution in [0.25, 0.3) is 0 Å². The largest absolute Gasteiger partial charge is 0.481 e. The molecule has 0 heterocycles. The van der Waals surface area contributed by atoms with Crippen molar-refractivity contribution in [2.75, 3.05) is 331 Å². The van der Waals surface area contributed by atoms with E-state index in [4.69, 9.17) is 124 Å². The summed E-state index contributed by atoms with van der Waals surface area (Å²) in [7, 11) is 1.64. The first kappa shape index (κ1) is 77.5. The molecule has 0 rings (SSSR count). The standard InChI is InChI=1S/C52H104O27/c1-55-4-5-57-8-9-59-12-13-61-16-17-63-20-21-65-24-25-67-28-29-69-32-33-71-36-37-73-40-41-75-44-45-77-48-49-79-51-50-78-47-46-76-43-42-74-39-38-72-35-34-70-31-30-68-27-26-66-23-22-64-19-18-62-15-14-60-11-10-58-7-6-56-3-2-52(53)54/h2-51H2,1H3,(H,53,54). The minimum absolute atomic E-state index is 0.00969. The molecule has 0 radical (unpaired) electrons. The number of carboxylic acid groups (broad SMARTS) is 1. The van der Waals surface area contributed by atoms with Crippen LogP contribution in [-0.2, 0) is 123 Å². The van der Waals surface area contributed by atoms with Gasteiger partial charge in [0.05, 0.1) is 330 Å². The Morgan fingerprint density at radius 2 is 0.266 bits per heavy atom. The molecule has 0 saturated heterocycles. The second-order valence-corrected chi connectivity index (χ2v) is 15.8. The van der Waals surface area contributed by atoms with Crippen molar-refractivity contribution in [1.29, 1.82) is 0 Å². The van der Waals surface area contributed by atoms with Crippen LogP contribution in [0.15, 0.2) is 0 Å². The van der Waals surface area contributed by atoms with E-state index in [1.807, 2.05) is 0 Å². The average Bonchev–Trinajstić information content (AvgIpc) is 3.45. The Kier molecular flexibility index (Phi) is 73.0. The molecule has 0 atom stereocenters. The molecule has 0 aromatic carbocycles. The summed E-state index contributed by atoms with van der Waals surface area (Å²) in [6.07, 6.45) is -0.00969. The molecule has 0 saturated carbocycles. The predicted octanol–water partition coefficient (Wildman–Crippen LogP) is 0.506. The number of hydrogen-bond donors (Lipinski definition) is 1. The van der Waals surface area contributed by atoms with Crippen LogP contribution in [0.1, 0.15) is 6.42 Å². The van der Waals surface area contributed by atoms with Crippen molar-refractivity contribution in [1.82, 2.24) is 0 Å². The zero-order valence-electron chi connectivity index (χ0n) is 47.9. The molecule has 27 heteroatoms. The maximum absolute atomic E-state index is 10.4. The second-order valence-electron chi connectivity index (χ2n) is 15.8. The van der Waals surface area contributed by atoms with Gasteiger partial charge in [-0.05, 0) is 0 Å². The summed E-state index contributed by atoms with van der Waals surface area (Å²) in [4.78, 5) is 10.4. The molecule has 0 bridgehead atoms. The Balaban J connectivity index is 3.08. The lowest BCUT2D eigenvalue weighted by Crippen LogP contribution is -2.16. The van der Waals surface area contributed by atoms with Gasteiger partial charge in [0.2, 0.25) is 0 Å². The van der Waals surface area contributed by atoms with Gasteiger partial charge in [-0.25, -0.2) is 0 Å². The van der Waals surface area contributed by atoms with Crippen LogP contribution in [0, 0.1) is 0 Å². The first-order chi connectivity index (χ1) is 39.3. The third-order valence-corrected chi connectivity index (χ3v) is 9.45. The molecule has 27 nitrogen and oxygen atoms in total. The summed E-state index contributed by atoms with van der Waals surface area (Å²) in [5.41, 5.74) is 0. The van der Waals surface area contributed by atoms with Crippen LogP contribution in [0.2, 0.25) is 0 Å². The minimum atomic E-state index is -0.880. The first-order valence-corrected chi connectivity index (χ1v) is 27.8. The van der Waals surface area contributed by atoms with E-state index >= 15 is 0 Å². The van der Waals surface area contributed by atoms with Crippen molar-refractivity contribution < 1.29 is 128 Å². The summed E-state index contributed by atoms with van der Waals surface area (Å²) in [6, 6.07) is 0. The lowest BCUT2D eigenvalue weighted by molar-refractivity contribution is -0.138. The van der Waals surface area contributed by atoms with Crippen molar-refractivity contribution in [3.63, 3.8) is 0 Å². The third-order valence-electron chi connectivity index (χ3n) is 9.45. The highest BCUT2D eigenvalue weighted by Gasteiger charge is 2.01. The summed E-state index contributed by atoms with van der Waals surface area (Å²) in [5.74, 6) is -0.880. The highest BCUT2D eigenvalue weighted by atomic mass is 16.6. The van der Waals surface area contributed by atoms with E-state index in [9.17, 15) is 4.79 Å². The minimum Gasteiger partial charge on any atom is -0.481 e. The van der Waals surface area contributed by atoms with E-state index < -0.39 is 5.97 Å². The highest BCUT2D eigenvalue weighted by Crippen LogP contribution is 1.92. The van der Waals surface area contributed by atoms with Crippen LogP contribution >= 0.6 is 0 Å². The van der Waals surface area contributed by atoms with Crippen LogP contribution in [0.4, 0.5) is 0 Å². The molecular formula is C52H104O27. The molecular weight excluding hydrogens is 1060 g/mol. The monoisotopic (exact) mass is 1160 g/mol. The number of rotatable bonds is 75. The molecule has 0 aliphatic carbocycles. The lowest BCUT2D eigenvalue weighted by Gasteiger charge is -2.09. The molecule has 474 valence electrons. The Labute approximate surface area is 470 Å². The van der Waals surface area contributed by atoms with Crippen LogP contribution < -0.4 is 0 Å². The fraction of sp³-hybridized carbons (Fsp3) is 0.981. The number of carboxylic acids is 1. The molecule has 0 unspecified atom stereocenters. The Hall–Kier alpha value is -1.53. The highest BCUT2D eigenvalue weighted by molar-refractivity contribution is 5.66. The Bertz CT molecular complexity index is 1100. The zero-order valence-corrected chi connectivity index (χ0v) is 47.9. The van der Waals surface area contributed by atoms with Gasteiger partial charge in [-0.3, -0.25) is 4.79 Å². The molecule has 0 amide bonds. The van der Waals surface area contributed by atoms with Gasteiger partial charge in [0.25, 0.3) is 0 Å². The molecule has 0 aromatic heterocycles. The first-order valence-electron chi connectivity index (χ1n) is 27.8. The van der Waals surface area contributed by atoms with Crippen molar-refractivity contribution in [3.8, 4) is 0 Å². The van der Waals surface area contributed by atoms with E-state index in [-0.39, 0.29) is 13.0 Å². The summed E-state index contributed by atoms with van der Waals surface area (Å²) in [5, 5.41) is 8.52. The van der Waals surface area contributed by atoms with E-state index in [2.05, 4.69) is 0 Å². The third kappa shape index (κ3) is 76.5. The van der Waals surface area contributed by atoms with Gasteiger partial charge in [0.1, 0.15) is 0 Å². The maximum atomic E-state index is 10.4. The predicted molar refractivity (Wildman–Crippen MR) is 284 cm³/mol. The van der Waals surface area contributed by atoms with Crippen LogP contribution in [-0.4, -0.2) is 342 Å². The van der Waals surface area contributed by atoms with Crippen molar-refractivity contribution in [2.45, 2.75) is 6.42 Å². The molecule has 0 fully saturated rings. The van der Waals surface area contributed by atoms with Gasteiger partial charge >= 0.3 is 5.97 Å². The molecule has 0 aliphatic heterocycles. The summed E-state index contributed by atoms with van der Waals surface area (Å²) in [6.45, 7) is 23.5. The number of ether oxygens (including phenoxy) is 25. The van der Waals surface area contributed by atoms with E-state index in [0.717, 1.165) is 0 Å². The number of hydrogen-bond acceptors (Lipinski definition) is 26. The molecule has 79 heavy (non-hydrogen) atoms.